The van der Waals surface area contributed by atoms with Gasteiger partial charge in [-0.15, -0.1) is 0 Å². The molecule has 1 unspecified atom stereocenters. The first-order valence-electron chi connectivity index (χ1n) is 10.4. The van der Waals surface area contributed by atoms with Crippen molar-refractivity contribution >= 4 is 23.9 Å². The molecule has 0 spiro atoms. The number of imidazole rings is 1. The molecule has 2 aliphatic rings. The van der Waals surface area contributed by atoms with E-state index in [1.807, 2.05) is 7.05 Å². The Labute approximate surface area is 181 Å². The average molecular weight is 412 g/mol. The van der Waals surface area contributed by atoms with Gasteiger partial charge in [-0.25, -0.2) is 15.0 Å². The first-order valence-corrected chi connectivity index (χ1v) is 10.4. The molecule has 1 atom stereocenters. The third-order valence-corrected chi connectivity index (χ3v) is 6.05. The predicted octanol–water partition coefficient (Wildman–Crippen LogP) is 3.23. The highest BCUT2D eigenvalue weighted by atomic mass is 16.2. The van der Waals surface area contributed by atoms with Crippen LogP contribution in [0.4, 0.5) is 5.82 Å². The Bertz CT molecular complexity index is 1180. The number of carbonyl (C=O) groups is 1. The van der Waals surface area contributed by atoms with Crippen LogP contribution in [-0.2, 0) is 23.3 Å². The van der Waals surface area contributed by atoms with Gasteiger partial charge in [0.2, 0.25) is 5.91 Å². The van der Waals surface area contributed by atoms with Gasteiger partial charge in [0.05, 0.1) is 18.6 Å². The molecule has 156 valence electrons. The average Bonchev–Trinajstić information content (AvgIpc) is 3.31. The topological polar surface area (TPSA) is 85.7 Å². The molecule has 2 aliphatic heterocycles. The van der Waals surface area contributed by atoms with E-state index in [9.17, 15) is 4.79 Å². The van der Waals surface area contributed by atoms with Crippen LogP contribution in [0, 0.1) is 6.92 Å². The second-order valence-electron chi connectivity index (χ2n) is 8.07. The maximum atomic E-state index is 13.4. The number of H-pyrrole nitrogens is 1. The number of likely N-dealkylation sites (tertiary alicyclic amines) is 1. The number of amides is 1. The van der Waals surface area contributed by atoms with Gasteiger partial charge in [-0.05, 0) is 30.7 Å². The molecule has 0 saturated carbocycles. The number of aromatic nitrogens is 2. The molecule has 1 fully saturated rings. The van der Waals surface area contributed by atoms with Crippen LogP contribution in [0.25, 0.3) is 0 Å². The fourth-order valence-electron chi connectivity index (χ4n) is 4.49. The van der Waals surface area contributed by atoms with Gasteiger partial charge in [-0.3, -0.25) is 9.69 Å². The van der Waals surface area contributed by atoms with E-state index in [4.69, 9.17) is 0 Å². The Balaban J connectivity index is 1.63. The van der Waals surface area contributed by atoms with Gasteiger partial charge in [-0.1, -0.05) is 54.1 Å². The number of rotatable bonds is 5. The van der Waals surface area contributed by atoms with Gasteiger partial charge in [0.15, 0.2) is 5.82 Å². The fraction of sp³-hybridized carbons (Fsp3) is 0.250. The Hall–Kier alpha value is -3.58. The summed E-state index contributed by atoms with van der Waals surface area (Å²) in [5.41, 5.74) is 4.49. The van der Waals surface area contributed by atoms with E-state index in [1.165, 1.54) is 17.5 Å². The SMILES string of the molecule is CNCc1ccc(C23CC(=O)N(Cc4ccc(C)cc4)C2=NC=Nc2nc[nH]c23)cc1. The molecule has 0 bridgehead atoms. The highest BCUT2D eigenvalue weighted by molar-refractivity contribution is 6.16. The van der Waals surface area contributed by atoms with E-state index >= 15 is 0 Å². The summed E-state index contributed by atoms with van der Waals surface area (Å²) in [7, 11) is 1.93. The van der Waals surface area contributed by atoms with Gasteiger partial charge >= 0.3 is 0 Å². The van der Waals surface area contributed by atoms with E-state index in [0.29, 0.717) is 18.2 Å². The number of carbonyl (C=O) groups excluding carboxylic acids is 1. The molecule has 2 N–H and O–H groups in total. The number of fused-ring (bicyclic) bond motifs is 3. The van der Waals surface area contributed by atoms with Crippen molar-refractivity contribution in [2.45, 2.75) is 31.8 Å². The van der Waals surface area contributed by atoms with Crippen LogP contribution in [0.2, 0.25) is 0 Å². The number of amidine groups is 1. The van der Waals surface area contributed by atoms with E-state index in [-0.39, 0.29) is 12.3 Å². The standard InChI is InChI=1S/C24H24N6O/c1-16-3-5-18(6-4-16)13-30-20(31)11-24(19-9-7-17(8-10-19)12-25-2)21-22(27-14-26-21)28-15-29-23(24)30/h3-10,14-15,25H,11-13H2,1-2H3,(H,26,27). The quantitative estimate of drug-likeness (QED) is 0.675. The number of nitrogens with zero attached hydrogens (tertiary/aromatic N) is 4. The molecular formula is C24H24N6O. The molecule has 3 aromatic rings. The van der Waals surface area contributed by atoms with Gasteiger partial charge in [0, 0.05) is 13.0 Å². The highest BCUT2D eigenvalue weighted by Crippen LogP contribution is 2.46. The second-order valence-corrected chi connectivity index (χ2v) is 8.07. The normalized spacial score (nSPS) is 19.7. The molecule has 1 saturated heterocycles. The van der Waals surface area contributed by atoms with Crippen molar-refractivity contribution in [1.82, 2.24) is 20.2 Å². The fourth-order valence-corrected chi connectivity index (χ4v) is 4.49. The van der Waals surface area contributed by atoms with Gasteiger partial charge < -0.3 is 10.3 Å². The monoisotopic (exact) mass is 412 g/mol. The summed E-state index contributed by atoms with van der Waals surface area (Å²) in [6, 6.07) is 16.6. The summed E-state index contributed by atoms with van der Waals surface area (Å²) < 4.78 is 0. The summed E-state index contributed by atoms with van der Waals surface area (Å²) in [6.45, 7) is 3.30. The molecule has 31 heavy (non-hydrogen) atoms. The van der Waals surface area contributed by atoms with E-state index in [1.54, 1.807) is 11.2 Å². The molecule has 1 aromatic heterocycles. The summed E-state index contributed by atoms with van der Waals surface area (Å²) in [5.74, 6) is 1.30. The minimum atomic E-state index is -0.748. The van der Waals surface area contributed by atoms with Gasteiger partial charge in [0.25, 0.3) is 0 Å². The van der Waals surface area contributed by atoms with Crippen molar-refractivity contribution < 1.29 is 4.79 Å². The van der Waals surface area contributed by atoms with E-state index in [0.717, 1.165) is 23.4 Å². The number of benzene rings is 2. The summed E-state index contributed by atoms with van der Waals surface area (Å²) in [5, 5.41) is 3.17. The zero-order chi connectivity index (χ0) is 21.4. The molecular weight excluding hydrogens is 388 g/mol. The van der Waals surface area contributed by atoms with Crippen LogP contribution in [0.1, 0.15) is 34.4 Å². The maximum Gasteiger partial charge on any atom is 0.230 e. The first-order chi connectivity index (χ1) is 15.1. The van der Waals surface area contributed by atoms with Crippen LogP contribution >= 0.6 is 0 Å². The molecule has 7 heteroatoms. The van der Waals surface area contributed by atoms with Gasteiger partial charge in [-0.2, -0.15) is 0 Å². The van der Waals surface area contributed by atoms with Crippen LogP contribution in [0.15, 0.2) is 64.8 Å². The van der Waals surface area contributed by atoms with E-state index < -0.39 is 5.41 Å². The Morgan fingerprint density at radius 1 is 1.10 bits per heavy atom. The lowest BCUT2D eigenvalue weighted by atomic mass is 9.75. The number of hydrogen-bond donors (Lipinski definition) is 2. The second kappa shape index (κ2) is 7.59. The third-order valence-electron chi connectivity index (χ3n) is 6.05. The largest absolute Gasteiger partial charge is 0.345 e. The van der Waals surface area contributed by atoms with Crippen molar-refractivity contribution in [3.8, 4) is 0 Å². The molecule has 0 radical (unpaired) electrons. The zero-order valence-electron chi connectivity index (χ0n) is 17.6. The Kier molecular flexibility index (Phi) is 4.75. The first kappa shape index (κ1) is 19.4. The number of aryl methyl sites for hydroxylation is 1. The Morgan fingerprint density at radius 2 is 1.84 bits per heavy atom. The number of aliphatic imine (C=N–C) groups is 2. The lowest BCUT2D eigenvalue weighted by Gasteiger charge is -2.29. The summed E-state index contributed by atoms with van der Waals surface area (Å²) in [4.78, 5) is 31.9. The van der Waals surface area contributed by atoms with Crippen molar-refractivity contribution in [1.29, 1.82) is 0 Å². The zero-order valence-corrected chi connectivity index (χ0v) is 17.6. The Morgan fingerprint density at radius 3 is 2.58 bits per heavy atom. The smallest absolute Gasteiger partial charge is 0.230 e. The molecule has 3 heterocycles. The van der Waals surface area contributed by atoms with Crippen molar-refractivity contribution in [2.75, 3.05) is 7.05 Å². The minimum absolute atomic E-state index is 0.0366. The summed E-state index contributed by atoms with van der Waals surface area (Å²) in [6.07, 6.45) is 3.42. The lowest BCUT2D eigenvalue weighted by molar-refractivity contribution is -0.126. The van der Waals surface area contributed by atoms with Crippen LogP contribution < -0.4 is 5.32 Å². The van der Waals surface area contributed by atoms with Crippen molar-refractivity contribution in [2.24, 2.45) is 9.98 Å². The summed E-state index contributed by atoms with van der Waals surface area (Å²) >= 11 is 0. The van der Waals surface area contributed by atoms with Crippen molar-refractivity contribution in [3.05, 3.63) is 82.8 Å². The highest BCUT2D eigenvalue weighted by Gasteiger charge is 2.54. The number of aromatic amines is 1. The number of hydrogen-bond acceptors (Lipinski definition) is 5. The third kappa shape index (κ3) is 3.18. The van der Waals surface area contributed by atoms with E-state index in [2.05, 4.69) is 80.7 Å². The molecule has 5 rings (SSSR count). The molecule has 0 aliphatic carbocycles. The van der Waals surface area contributed by atoms with Crippen LogP contribution in [-0.4, -0.2) is 40.0 Å². The maximum absolute atomic E-state index is 13.4. The molecule has 1 amide bonds. The molecule has 2 aromatic carbocycles. The van der Waals surface area contributed by atoms with Crippen molar-refractivity contribution in [3.63, 3.8) is 0 Å². The minimum Gasteiger partial charge on any atom is -0.345 e. The number of nitrogens with one attached hydrogen (secondary N) is 2. The lowest BCUT2D eigenvalue weighted by Crippen LogP contribution is -2.39. The van der Waals surface area contributed by atoms with Crippen LogP contribution in [0.5, 0.6) is 0 Å². The van der Waals surface area contributed by atoms with Crippen LogP contribution in [0.3, 0.4) is 0 Å². The van der Waals surface area contributed by atoms with Gasteiger partial charge in [0.1, 0.15) is 17.6 Å². The predicted molar refractivity (Wildman–Crippen MR) is 121 cm³/mol. The molecule has 7 nitrogen and oxygen atoms in total.